The summed E-state index contributed by atoms with van der Waals surface area (Å²) in [6.07, 6.45) is 1.69. The van der Waals surface area contributed by atoms with Crippen LogP contribution in [0.1, 0.15) is 43.4 Å². The van der Waals surface area contributed by atoms with E-state index in [1.165, 1.54) is 4.90 Å². The topological polar surface area (TPSA) is 78.5 Å². The second-order valence-corrected chi connectivity index (χ2v) is 7.81. The second kappa shape index (κ2) is 5.64. The van der Waals surface area contributed by atoms with E-state index in [9.17, 15) is 14.4 Å². The molecule has 1 spiro atoms. The third-order valence-corrected chi connectivity index (χ3v) is 6.40. The van der Waals surface area contributed by atoms with Crippen LogP contribution in [0.4, 0.5) is 5.69 Å². The Hall–Kier alpha value is -2.21. The van der Waals surface area contributed by atoms with Gasteiger partial charge in [0.2, 0.25) is 17.7 Å². The zero-order valence-corrected chi connectivity index (χ0v) is 15.7. The number of rotatable bonds is 3. The largest absolute Gasteiger partial charge is 0.324 e. The number of carbonyl (C=O) groups excluding carboxylic acids is 3. The van der Waals surface area contributed by atoms with Crippen molar-refractivity contribution in [1.29, 1.82) is 0 Å². The number of nitrogens with zero attached hydrogens (tertiary/aromatic N) is 1. The standard InChI is InChI=1S/C20H25N3O3/c1-5-6-9-23-17(24)14-12(4)22-20(15(14)18(23)25)13-8-7-10(2)11(3)16(13)21-19(20)26/h7-8,12,14-15,22H,5-6,9H2,1-4H3,(H,21,26)/t12-,14+,15-,20+/m0/s1. The molecule has 0 aliphatic carbocycles. The molecule has 3 aliphatic heterocycles. The molecule has 2 N–H and O–H groups in total. The Kier molecular flexibility index (Phi) is 3.74. The molecule has 2 fully saturated rings. The lowest BCUT2D eigenvalue weighted by Gasteiger charge is -2.29. The van der Waals surface area contributed by atoms with Crippen LogP contribution in [0.5, 0.6) is 0 Å². The van der Waals surface area contributed by atoms with Gasteiger partial charge in [0, 0.05) is 23.8 Å². The Bertz CT molecular complexity index is 834. The molecule has 1 aromatic rings. The van der Waals surface area contributed by atoms with Crippen molar-refractivity contribution in [1.82, 2.24) is 10.2 Å². The van der Waals surface area contributed by atoms with Crippen molar-refractivity contribution < 1.29 is 14.4 Å². The molecule has 6 heteroatoms. The number of amides is 3. The zero-order valence-electron chi connectivity index (χ0n) is 15.7. The van der Waals surface area contributed by atoms with Crippen molar-refractivity contribution >= 4 is 23.4 Å². The molecule has 26 heavy (non-hydrogen) atoms. The minimum absolute atomic E-state index is 0.143. The Balaban J connectivity index is 1.85. The van der Waals surface area contributed by atoms with Crippen molar-refractivity contribution in [3.8, 4) is 0 Å². The molecule has 3 aliphatic rings. The van der Waals surface area contributed by atoms with Crippen LogP contribution in [-0.2, 0) is 19.9 Å². The number of anilines is 1. The summed E-state index contributed by atoms with van der Waals surface area (Å²) in [6, 6.07) is 3.66. The first-order chi connectivity index (χ1) is 12.3. The minimum atomic E-state index is -1.15. The van der Waals surface area contributed by atoms with E-state index >= 15 is 0 Å². The lowest BCUT2D eigenvalue weighted by molar-refractivity contribution is -0.142. The predicted molar refractivity (Wildman–Crippen MR) is 97.4 cm³/mol. The number of hydrogen-bond acceptors (Lipinski definition) is 4. The molecule has 3 amide bonds. The highest BCUT2D eigenvalue weighted by atomic mass is 16.2. The first-order valence-corrected chi connectivity index (χ1v) is 9.39. The number of aryl methyl sites for hydroxylation is 1. The summed E-state index contributed by atoms with van der Waals surface area (Å²) in [4.78, 5) is 40.6. The lowest BCUT2D eigenvalue weighted by atomic mass is 9.76. The van der Waals surface area contributed by atoms with E-state index in [2.05, 4.69) is 10.6 Å². The van der Waals surface area contributed by atoms with Crippen molar-refractivity contribution in [2.24, 2.45) is 11.8 Å². The number of imide groups is 1. The van der Waals surface area contributed by atoms with Gasteiger partial charge in [-0.05, 0) is 38.3 Å². The molecule has 2 saturated heterocycles. The van der Waals surface area contributed by atoms with E-state index in [1.807, 2.05) is 39.8 Å². The maximum absolute atomic E-state index is 13.2. The van der Waals surface area contributed by atoms with Crippen LogP contribution in [-0.4, -0.2) is 35.2 Å². The van der Waals surface area contributed by atoms with Crippen LogP contribution in [0.2, 0.25) is 0 Å². The summed E-state index contributed by atoms with van der Waals surface area (Å²) in [5, 5.41) is 6.32. The molecule has 6 nitrogen and oxygen atoms in total. The molecule has 1 aromatic carbocycles. The van der Waals surface area contributed by atoms with E-state index in [1.54, 1.807) is 0 Å². The monoisotopic (exact) mass is 355 g/mol. The first kappa shape index (κ1) is 17.2. The number of fused-ring (bicyclic) bond motifs is 4. The number of benzene rings is 1. The van der Waals surface area contributed by atoms with Crippen molar-refractivity contribution in [3.05, 3.63) is 28.8 Å². The van der Waals surface area contributed by atoms with E-state index < -0.39 is 17.4 Å². The average Bonchev–Trinajstić information content (AvgIpc) is 3.16. The number of unbranched alkanes of at least 4 members (excludes halogenated alkanes) is 1. The van der Waals surface area contributed by atoms with Gasteiger partial charge in [0.15, 0.2) is 0 Å². The minimum Gasteiger partial charge on any atom is -0.324 e. The highest BCUT2D eigenvalue weighted by Gasteiger charge is 2.69. The van der Waals surface area contributed by atoms with Gasteiger partial charge in [-0.1, -0.05) is 25.5 Å². The number of hydrogen-bond donors (Lipinski definition) is 2. The van der Waals surface area contributed by atoms with Crippen LogP contribution >= 0.6 is 0 Å². The summed E-state index contributed by atoms with van der Waals surface area (Å²) in [7, 11) is 0. The van der Waals surface area contributed by atoms with Gasteiger partial charge in [-0.15, -0.1) is 0 Å². The fourth-order valence-electron chi connectivity index (χ4n) is 4.88. The van der Waals surface area contributed by atoms with Gasteiger partial charge in [0.25, 0.3) is 0 Å². The molecule has 138 valence electrons. The highest BCUT2D eigenvalue weighted by molar-refractivity contribution is 6.15. The number of likely N-dealkylation sites (tertiary alicyclic amines) is 1. The van der Waals surface area contributed by atoms with Crippen molar-refractivity contribution in [3.63, 3.8) is 0 Å². The van der Waals surface area contributed by atoms with Gasteiger partial charge in [-0.25, -0.2) is 0 Å². The van der Waals surface area contributed by atoms with Gasteiger partial charge in [-0.2, -0.15) is 0 Å². The van der Waals surface area contributed by atoms with Gasteiger partial charge < -0.3 is 5.32 Å². The Labute approximate surface area is 153 Å². The average molecular weight is 355 g/mol. The molecule has 0 bridgehead atoms. The third-order valence-electron chi connectivity index (χ3n) is 6.40. The Morgan fingerprint density at radius 1 is 1.15 bits per heavy atom. The maximum Gasteiger partial charge on any atom is 0.250 e. The number of carbonyl (C=O) groups is 3. The van der Waals surface area contributed by atoms with Gasteiger partial charge in [-0.3, -0.25) is 24.6 Å². The van der Waals surface area contributed by atoms with E-state index in [0.717, 1.165) is 35.2 Å². The van der Waals surface area contributed by atoms with Gasteiger partial charge in [0.05, 0.1) is 11.8 Å². The van der Waals surface area contributed by atoms with Gasteiger partial charge >= 0.3 is 0 Å². The zero-order chi connectivity index (χ0) is 18.8. The third kappa shape index (κ3) is 1.93. The van der Waals surface area contributed by atoms with Crippen LogP contribution in [0, 0.1) is 25.7 Å². The normalized spacial score (nSPS) is 32.4. The molecular weight excluding hydrogens is 330 g/mol. The summed E-state index contributed by atoms with van der Waals surface area (Å²) in [5.74, 6) is -1.75. The molecule has 4 rings (SSSR count). The molecule has 0 radical (unpaired) electrons. The molecule has 0 saturated carbocycles. The molecule has 0 unspecified atom stereocenters. The fourth-order valence-corrected chi connectivity index (χ4v) is 4.88. The quantitative estimate of drug-likeness (QED) is 0.811. The van der Waals surface area contributed by atoms with E-state index in [0.29, 0.717) is 6.54 Å². The smallest absolute Gasteiger partial charge is 0.250 e. The van der Waals surface area contributed by atoms with Crippen LogP contribution in [0.25, 0.3) is 0 Å². The van der Waals surface area contributed by atoms with E-state index in [4.69, 9.17) is 0 Å². The summed E-state index contributed by atoms with van der Waals surface area (Å²) < 4.78 is 0. The van der Waals surface area contributed by atoms with Crippen molar-refractivity contribution in [2.75, 3.05) is 11.9 Å². The van der Waals surface area contributed by atoms with Crippen LogP contribution < -0.4 is 10.6 Å². The fraction of sp³-hybridized carbons (Fsp3) is 0.550. The molecule has 0 aromatic heterocycles. The number of nitrogens with one attached hydrogen (secondary N) is 2. The Morgan fingerprint density at radius 2 is 1.88 bits per heavy atom. The molecule has 3 heterocycles. The highest BCUT2D eigenvalue weighted by Crippen LogP contribution is 2.53. The summed E-state index contributed by atoms with van der Waals surface area (Å²) in [5.41, 5.74) is 2.52. The van der Waals surface area contributed by atoms with Crippen molar-refractivity contribution in [2.45, 2.75) is 52.1 Å². The predicted octanol–water partition coefficient (Wildman–Crippen LogP) is 1.84. The SMILES string of the molecule is CCCCN1C(=O)[C@@H]2[C@H](C)N[C@@]3(C(=O)Nc4c3ccc(C)c4C)[C@@H]2C1=O. The van der Waals surface area contributed by atoms with E-state index in [-0.39, 0.29) is 23.8 Å². The summed E-state index contributed by atoms with van der Waals surface area (Å²) >= 11 is 0. The van der Waals surface area contributed by atoms with Crippen LogP contribution in [0.3, 0.4) is 0 Å². The maximum atomic E-state index is 13.2. The van der Waals surface area contributed by atoms with Crippen LogP contribution in [0.15, 0.2) is 12.1 Å². The summed E-state index contributed by atoms with van der Waals surface area (Å²) in [6.45, 7) is 8.33. The molecule has 4 atom stereocenters. The second-order valence-electron chi connectivity index (χ2n) is 7.81. The molecular formula is C20H25N3O3. The lowest BCUT2D eigenvalue weighted by Crippen LogP contribution is -2.52. The first-order valence-electron chi connectivity index (χ1n) is 9.39. The van der Waals surface area contributed by atoms with Gasteiger partial charge in [0.1, 0.15) is 5.54 Å². The Morgan fingerprint density at radius 3 is 2.58 bits per heavy atom.